The maximum atomic E-state index is 14.4. The van der Waals surface area contributed by atoms with Gasteiger partial charge in [0.05, 0.1) is 43.9 Å². The number of carbonyl (C=O) groups is 1. The number of hydrogen-bond donors (Lipinski definition) is 2. The van der Waals surface area contributed by atoms with Crippen molar-refractivity contribution in [3.8, 4) is 11.5 Å². The van der Waals surface area contributed by atoms with E-state index < -0.39 is 16.1 Å². The van der Waals surface area contributed by atoms with Gasteiger partial charge in [0.1, 0.15) is 11.5 Å². The SMILES string of the molecule is COc1ccc(CN(C)C[C@@H]2OCCCC[C@H](C)Oc3ccc(NS(=O)(=O)c4cn(C)cn4)cc3C(=O)N([C@H](C)CO)C[C@H]2C)cc1. The van der Waals surface area contributed by atoms with E-state index in [-0.39, 0.29) is 46.9 Å². The van der Waals surface area contributed by atoms with Crippen LogP contribution < -0.4 is 14.2 Å². The summed E-state index contributed by atoms with van der Waals surface area (Å²) in [4.78, 5) is 22.1. The standard InChI is InChI=1S/C34H49N5O7S/c1-24-18-39(25(2)22-40)34(41)30-17-28(36-47(42,43)33-21-38(5)23-35-33)12-15-31(30)46-26(3)9-7-8-16-45-32(24)20-37(4)19-27-10-13-29(44-6)14-11-27/h10-15,17,21,23-26,32,36,40H,7-9,16,18-20,22H2,1-6H3/t24-,25-,26+,32+/m1/s1. The molecule has 0 fully saturated rings. The maximum Gasteiger partial charge on any atom is 0.280 e. The highest BCUT2D eigenvalue weighted by Crippen LogP contribution is 2.29. The predicted molar refractivity (Wildman–Crippen MR) is 180 cm³/mol. The highest BCUT2D eigenvalue weighted by atomic mass is 32.2. The van der Waals surface area contributed by atoms with Crippen molar-refractivity contribution in [2.75, 3.05) is 45.2 Å². The molecule has 258 valence electrons. The molecule has 47 heavy (non-hydrogen) atoms. The van der Waals surface area contributed by atoms with Crippen molar-refractivity contribution in [1.29, 1.82) is 0 Å². The first-order chi connectivity index (χ1) is 22.4. The highest BCUT2D eigenvalue weighted by Gasteiger charge is 2.31. The van der Waals surface area contributed by atoms with E-state index in [0.717, 1.165) is 30.6 Å². The number of methoxy groups -OCH3 is 1. The average molecular weight is 672 g/mol. The topological polar surface area (TPSA) is 135 Å². The van der Waals surface area contributed by atoms with Crippen LogP contribution in [-0.2, 0) is 28.4 Å². The van der Waals surface area contributed by atoms with Gasteiger partial charge in [0.15, 0.2) is 5.03 Å². The smallest absolute Gasteiger partial charge is 0.280 e. The molecule has 0 radical (unpaired) electrons. The quantitative estimate of drug-likeness (QED) is 0.326. The number of aromatic nitrogens is 2. The lowest BCUT2D eigenvalue weighted by atomic mass is 10.0. The second-order valence-corrected chi connectivity index (χ2v) is 14.2. The molecule has 1 aromatic heterocycles. The fourth-order valence-electron chi connectivity index (χ4n) is 5.60. The van der Waals surface area contributed by atoms with Gasteiger partial charge in [-0.3, -0.25) is 14.4 Å². The van der Waals surface area contributed by atoms with Crippen molar-refractivity contribution in [3.05, 3.63) is 66.1 Å². The Morgan fingerprint density at radius 2 is 1.91 bits per heavy atom. The first-order valence-electron chi connectivity index (χ1n) is 16.1. The van der Waals surface area contributed by atoms with E-state index in [2.05, 4.69) is 21.5 Å². The van der Waals surface area contributed by atoms with Crippen LogP contribution in [0.5, 0.6) is 11.5 Å². The minimum atomic E-state index is -4.00. The van der Waals surface area contributed by atoms with E-state index in [1.165, 1.54) is 18.6 Å². The van der Waals surface area contributed by atoms with Crippen LogP contribution in [0.25, 0.3) is 0 Å². The molecular weight excluding hydrogens is 622 g/mol. The zero-order valence-electron chi connectivity index (χ0n) is 28.3. The van der Waals surface area contributed by atoms with Gasteiger partial charge in [-0.15, -0.1) is 0 Å². The summed E-state index contributed by atoms with van der Waals surface area (Å²) in [6.07, 6.45) is 4.90. The largest absolute Gasteiger partial charge is 0.497 e. The van der Waals surface area contributed by atoms with Crippen molar-refractivity contribution in [2.45, 2.75) is 69.9 Å². The van der Waals surface area contributed by atoms with E-state index >= 15 is 0 Å². The van der Waals surface area contributed by atoms with Crippen molar-refractivity contribution >= 4 is 21.6 Å². The molecule has 13 heteroatoms. The van der Waals surface area contributed by atoms with Crippen LogP contribution in [-0.4, -0.2) is 97.5 Å². The second kappa shape index (κ2) is 16.4. The molecule has 0 spiro atoms. The van der Waals surface area contributed by atoms with Crippen LogP contribution in [0.1, 0.15) is 56.0 Å². The van der Waals surface area contributed by atoms with Crippen molar-refractivity contribution < 1.29 is 32.5 Å². The lowest BCUT2D eigenvalue weighted by molar-refractivity contribution is -0.0177. The summed E-state index contributed by atoms with van der Waals surface area (Å²) in [6.45, 7) is 7.78. The van der Waals surface area contributed by atoms with Crippen LogP contribution >= 0.6 is 0 Å². The van der Waals surface area contributed by atoms with Crippen molar-refractivity contribution in [1.82, 2.24) is 19.4 Å². The fraction of sp³-hybridized carbons (Fsp3) is 0.529. The minimum absolute atomic E-state index is 0.0941. The lowest BCUT2D eigenvalue weighted by Gasteiger charge is -2.36. The molecule has 2 aromatic carbocycles. The number of nitrogens with zero attached hydrogens (tertiary/aromatic N) is 4. The third-order valence-electron chi connectivity index (χ3n) is 8.36. The Labute approximate surface area is 278 Å². The van der Waals surface area contributed by atoms with Crippen LogP contribution in [0.2, 0.25) is 0 Å². The van der Waals surface area contributed by atoms with E-state index in [1.807, 2.05) is 38.2 Å². The van der Waals surface area contributed by atoms with Gasteiger partial charge >= 0.3 is 0 Å². The van der Waals surface area contributed by atoms with E-state index in [9.17, 15) is 18.3 Å². The number of anilines is 1. The van der Waals surface area contributed by atoms with Crippen LogP contribution in [0, 0.1) is 5.92 Å². The highest BCUT2D eigenvalue weighted by molar-refractivity contribution is 7.92. The van der Waals surface area contributed by atoms with E-state index in [1.54, 1.807) is 42.7 Å². The van der Waals surface area contributed by atoms with Crippen LogP contribution in [0.3, 0.4) is 0 Å². The molecule has 0 aliphatic carbocycles. The Morgan fingerprint density at radius 3 is 2.57 bits per heavy atom. The van der Waals surface area contributed by atoms with Gasteiger partial charge in [-0.1, -0.05) is 19.1 Å². The van der Waals surface area contributed by atoms with Gasteiger partial charge in [-0.05, 0) is 76.1 Å². The molecule has 0 saturated heterocycles. The molecule has 12 nitrogen and oxygen atoms in total. The molecule has 0 unspecified atom stereocenters. The summed E-state index contributed by atoms with van der Waals surface area (Å²) in [5.41, 5.74) is 1.55. The Hall–Kier alpha value is -3.65. The van der Waals surface area contributed by atoms with Crippen molar-refractivity contribution in [2.24, 2.45) is 13.0 Å². The molecule has 2 N–H and O–H groups in total. The summed E-state index contributed by atoms with van der Waals surface area (Å²) in [7, 11) is 1.38. The first-order valence-corrected chi connectivity index (χ1v) is 17.5. The predicted octanol–water partition coefficient (Wildman–Crippen LogP) is 4.16. The number of aliphatic hydroxyl groups is 1. The molecule has 2 heterocycles. The summed E-state index contributed by atoms with van der Waals surface area (Å²) in [5, 5.41) is 10.1. The Kier molecular flexibility index (Phi) is 12.7. The Balaban J connectivity index is 1.62. The summed E-state index contributed by atoms with van der Waals surface area (Å²) in [5.74, 6) is 0.696. The Bertz CT molecular complexity index is 1560. The number of amides is 1. The van der Waals surface area contributed by atoms with Gasteiger partial charge in [-0.25, -0.2) is 4.98 Å². The molecule has 1 aliphatic heterocycles. The molecule has 3 aromatic rings. The van der Waals surface area contributed by atoms with Crippen molar-refractivity contribution in [3.63, 3.8) is 0 Å². The van der Waals surface area contributed by atoms with E-state index in [0.29, 0.717) is 32.0 Å². The number of imidazole rings is 1. The summed E-state index contributed by atoms with van der Waals surface area (Å²) in [6, 6.07) is 12.2. The molecule has 4 atom stereocenters. The summed E-state index contributed by atoms with van der Waals surface area (Å²) >= 11 is 0. The number of benzene rings is 2. The van der Waals surface area contributed by atoms with Crippen LogP contribution in [0.4, 0.5) is 5.69 Å². The maximum absolute atomic E-state index is 14.4. The zero-order valence-corrected chi connectivity index (χ0v) is 29.1. The first kappa shape index (κ1) is 36.2. The minimum Gasteiger partial charge on any atom is -0.497 e. The molecule has 0 bridgehead atoms. The normalized spacial score (nSPS) is 20.6. The number of nitrogens with one attached hydrogen (secondary N) is 1. The monoisotopic (exact) mass is 671 g/mol. The third-order valence-corrected chi connectivity index (χ3v) is 9.63. The number of aliphatic hydroxyl groups excluding tert-OH is 1. The number of sulfonamides is 1. The number of fused-ring (bicyclic) bond motifs is 1. The van der Waals surface area contributed by atoms with E-state index in [4.69, 9.17) is 14.2 Å². The van der Waals surface area contributed by atoms with Crippen LogP contribution in [0.15, 0.2) is 60.0 Å². The van der Waals surface area contributed by atoms with Gasteiger partial charge < -0.3 is 28.8 Å². The Morgan fingerprint density at radius 1 is 1.17 bits per heavy atom. The number of aryl methyl sites for hydroxylation is 1. The molecule has 0 saturated carbocycles. The average Bonchev–Trinajstić information content (AvgIpc) is 3.50. The van der Waals surface area contributed by atoms with Gasteiger partial charge in [-0.2, -0.15) is 8.42 Å². The van der Waals surface area contributed by atoms with Gasteiger partial charge in [0.25, 0.3) is 15.9 Å². The molecule has 4 rings (SSSR count). The lowest BCUT2D eigenvalue weighted by Crippen LogP contribution is -2.47. The molecular formula is C34H49N5O7S. The van der Waals surface area contributed by atoms with Gasteiger partial charge in [0.2, 0.25) is 0 Å². The van der Waals surface area contributed by atoms with Gasteiger partial charge in [0, 0.05) is 51.1 Å². The zero-order chi connectivity index (χ0) is 34.1. The fourth-order valence-corrected chi connectivity index (χ4v) is 6.63. The molecule has 1 amide bonds. The number of likely N-dealkylation sites (N-methyl/N-ethyl adjacent to an activating group) is 1. The second-order valence-electron chi connectivity index (χ2n) is 12.5. The number of carbonyl (C=O) groups excluding carboxylic acids is 1. The number of hydrogen-bond acceptors (Lipinski definition) is 9. The molecule has 1 aliphatic rings. The third kappa shape index (κ3) is 9.92. The summed E-state index contributed by atoms with van der Waals surface area (Å²) < 4.78 is 48.2. The number of rotatable bonds is 10. The number of ether oxygens (including phenoxy) is 3.